The van der Waals surface area contributed by atoms with Crippen molar-refractivity contribution in [3.05, 3.63) is 22.7 Å². The second-order valence-corrected chi connectivity index (χ2v) is 3.59. The molecule has 0 atom stereocenters. The van der Waals surface area contributed by atoms with Crippen LogP contribution in [0.5, 0.6) is 0 Å². The predicted octanol–water partition coefficient (Wildman–Crippen LogP) is 1.83. The van der Waals surface area contributed by atoms with Gasteiger partial charge in [0.05, 0.1) is 0 Å². The number of halogens is 1. The number of ketones is 1. The minimum absolute atomic E-state index is 0.120. The quantitative estimate of drug-likeness (QED) is 0.724. The Bertz CT molecular complexity index is 323. The van der Waals surface area contributed by atoms with Crippen molar-refractivity contribution < 1.29 is 4.79 Å². The van der Waals surface area contributed by atoms with Gasteiger partial charge in [0.2, 0.25) is 0 Å². The summed E-state index contributed by atoms with van der Waals surface area (Å²) in [7, 11) is 0. The van der Waals surface area contributed by atoms with Crippen molar-refractivity contribution in [1.29, 1.82) is 0 Å². The van der Waals surface area contributed by atoms with Gasteiger partial charge < -0.3 is 0 Å². The molecule has 4 heteroatoms. The molecular formula is C8H7BrN2O. The van der Waals surface area contributed by atoms with Crippen LogP contribution in [0, 0.1) is 5.92 Å². The van der Waals surface area contributed by atoms with E-state index in [9.17, 15) is 4.79 Å². The summed E-state index contributed by atoms with van der Waals surface area (Å²) in [6.45, 7) is 0. The van der Waals surface area contributed by atoms with Gasteiger partial charge in [0.15, 0.2) is 5.78 Å². The lowest BCUT2D eigenvalue weighted by Gasteiger charge is -1.97. The van der Waals surface area contributed by atoms with Gasteiger partial charge in [-0.3, -0.25) is 4.79 Å². The summed E-state index contributed by atoms with van der Waals surface area (Å²) in [5.74, 6) is 0.327. The van der Waals surface area contributed by atoms with E-state index in [1.54, 1.807) is 12.4 Å². The first-order valence-electron chi connectivity index (χ1n) is 3.80. The van der Waals surface area contributed by atoms with Gasteiger partial charge in [-0.05, 0) is 28.8 Å². The summed E-state index contributed by atoms with van der Waals surface area (Å²) in [6, 6.07) is 0. The molecule has 0 bridgehead atoms. The van der Waals surface area contributed by atoms with E-state index in [1.807, 2.05) is 0 Å². The zero-order valence-electron chi connectivity index (χ0n) is 6.33. The van der Waals surface area contributed by atoms with Crippen molar-refractivity contribution in [1.82, 2.24) is 9.97 Å². The molecule has 1 aromatic rings. The van der Waals surface area contributed by atoms with Gasteiger partial charge >= 0.3 is 0 Å². The molecule has 62 valence electrons. The lowest BCUT2D eigenvalue weighted by molar-refractivity contribution is 0.0961. The topological polar surface area (TPSA) is 42.9 Å². The molecule has 0 aliphatic heterocycles. The minimum Gasteiger partial charge on any atom is -0.292 e. The van der Waals surface area contributed by atoms with Crippen molar-refractivity contribution in [2.75, 3.05) is 0 Å². The van der Waals surface area contributed by atoms with Gasteiger partial charge in [-0.1, -0.05) is 0 Å². The van der Waals surface area contributed by atoms with E-state index >= 15 is 0 Å². The third-order valence-corrected chi connectivity index (χ3v) is 2.42. The number of carbonyl (C=O) groups is 1. The highest BCUT2D eigenvalue weighted by molar-refractivity contribution is 9.10. The van der Waals surface area contributed by atoms with Crippen molar-refractivity contribution in [3.8, 4) is 0 Å². The lowest BCUT2D eigenvalue weighted by atomic mass is 10.2. The Kier molecular flexibility index (Phi) is 1.92. The maximum atomic E-state index is 11.5. The molecular weight excluding hydrogens is 220 g/mol. The van der Waals surface area contributed by atoms with E-state index in [-0.39, 0.29) is 11.7 Å². The number of carbonyl (C=O) groups excluding carboxylic acids is 1. The number of hydrogen-bond acceptors (Lipinski definition) is 3. The maximum Gasteiger partial charge on any atom is 0.187 e. The zero-order valence-corrected chi connectivity index (χ0v) is 7.91. The molecule has 0 N–H and O–H groups in total. The smallest absolute Gasteiger partial charge is 0.187 e. The largest absolute Gasteiger partial charge is 0.292 e. The zero-order chi connectivity index (χ0) is 8.55. The maximum absolute atomic E-state index is 11.5. The second kappa shape index (κ2) is 2.94. The highest BCUT2D eigenvalue weighted by atomic mass is 79.9. The van der Waals surface area contributed by atoms with Crippen LogP contribution in [-0.4, -0.2) is 15.8 Å². The molecule has 1 saturated carbocycles. The van der Waals surface area contributed by atoms with E-state index in [4.69, 9.17) is 0 Å². The van der Waals surface area contributed by atoms with Crippen LogP contribution in [0.3, 0.4) is 0 Å². The Morgan fingerprint density at radius 1 is 1.42 bits per heavy atom. The summed E-state index contributed by atoms with van der Waals surface area (Å²) < 4.78 is 0.557. The standard InChI is InChI=1S/C8H7BrN2O/c9-8-6(10-3-4-11-8)7(12)5-1-2-5/h3-5H,1-2H2. The van der Waals surface area contributed by atoms with Crippen LogP contribution in [0.1, 0.15) is 23.3 Å². The number of nitrogens with zero attached hydrogens (tertiary/aromatic N) is 2. The first-order chi connectivity index (χ1) is 5.79. The predicted molar refractivity (Wildman–Crippen MR) is 46.8 cm³/mol. The van der Waals surface area contributed by atoms with Crippen molar-refractivity contribution in [2.45, 2.75) is 12.8 Å². The molecule has 1 aromatic heterocycles. The van der Waals surface area contributed by atoms with Crippen LogP contribution in [0.2, 0.25) is 0 Å². The van der Waals surface area contributed by atoms with Crippen LogP contribution in [-0.2, 0) is 0 Å². The first kappa shape index (κ1) is 7.86. The number of rotatable bonds is 2. The van der Waals surface area contributed by atoms with Gasteiger partial charge in [0.1, 0.15) is 10.3 Å². The second-order valence-electron chi connectivity index (χ2n) is 2.83. The Morgan fingerprint density at radius 3 is 2.67 bits per heavy atom. The van der Waals surface area contributed by atoms with E-state index in [0.717, 1.165) is 12.8 Å². The normalized spacial score (nSPS) is 16.1. The van der Waals surface area contributed by atoms with Crippen LogP contribution < -0.4 is 0 Å². The number of hydrogen-bond donors (Lipinski definition) is 0. The molecule has 1 aliphatic carbocycles. The molecule has 0 spiro atoms. The van der Waals surface area contributed by atoms with Crippen LogP contribution in [0.15, 0.2) is 17.0 Å². The molecule has 3 nitrogen and oxygen atoms in total. The monoisotopic (exact) mass is 226 g/mol. The molecule has 0 radical (unpaired) electrons. The minimum atomic E-state index is 0.120. The summed E-state index contributed by atoms with van der Waals surface area (Å²) in [6.07, 6.45) is 5.11. The number of Topliss-reactive ketones (excluding diaryl/α,β-unsaturated/α-hetero) is 1. The molecule has 2 rings (SSSR count). The molecule has 0 aromatic carbocycles. The fourth-order valence-corrected chi connectivity index (χ4v) is 1.44. The van der Waals surface area contributed by atoms with E-state index in [1.165, 1.54) is 0 Å². The summed E-state index contributed by atoms with van der Waals surface area (Å²) >= 11 is 3.20. The van der Waals surface area contributed by atoms with Crippen LogP contribution in [0.25, 0.3) is 0 Å². The third-order valence-electron chi connectivity index (χ3n) is 1.84. The van der Waals surface area contributed by atoms with Crippen molar-refractivity contribution in [2.24, 2.45) is 5.92 Å². The molecule has 0 saturated heterocycles. The highest BCUT2D eigenvalue weighted by Crippen LogP contribution is 2.33. The van der Waals surface area contributed by atoms with Gasteiger partial charge in [0, 0.05) is 18.3 Å². The van der Waals surface area contributed by atoms with Gasteiger partial charge in [-0.25, -0.2) is 9.97 Å². The van der Waals surface area contributed by atoms with Crippen LogP contribution in [0.4, 0.5) is 0 Å². The Hall–Kier alpha value is -0.770. The molecule has 1 heterocycles. The molecule has 1 fully saturated rings. The van der Waals surface area contributed by atoms with E-state index in [2.05, 4.69) is 25.9 Å². The SMILES string of the molecule is O=C(c1nccnc1Br)C1CC1. The molecule has 0 unspecified atom stereocenters. The first-order valence-corrected chi connectivity index (χ1v) is 4.59. The Labute approximate surface area is 78.4 Å². The summed E-state index contributed by atoms with van der Waals surface area (Å²) in [4.78, 5) is 19.4. The van der Waals surface area contributed by atoms with Gasteiger partial charge in [0.25, 0.3) is 0 Å². The Balaban J connectivity index is 2.32. The average Bonchev–Trinajstić information content (AvgIpc) is 2.86. The van der Waals surface area contributed by atoms with E-state index in [0.29, 0.717) is 10.3 Å². The lowest BCUT2D eigenvalue weighted by Crippen LogP contribution is -2.05. The molecule has 1 aliphatic rings. The third kappa shape index (κ3) is 1.39. The van der Waals surface area contributed by atoms with Crippen LogP contribution >= 0.6 is 15.9 Å². The van der Waals surface area contributed by atoms with Crippen molar-refractivity contribution in [3.63, 3.8) is 0 Å². The molecule has 12 heavy (non-hydrogen) atoms. The Morgan fingerprint density at radius 2 is 2.08 bits per heavy atom. The van der Waals surface area contributed by atoms with Gasteiger partial charge in [-0.15, -0.1) is 0 Å². The van der Waals surface area contributed by atoms with Crippen molar-refractivity contribution >= 4 is 21.7 Å². The average molecular weight is 227 g/mol. The highest BCUT2D eigenvalue weighted by Gasteiger charge is 2.32. The fourth-order valence-electron chi connectivity index (χ4n) is 1.03. The van der Waals surface area contributed by atoms with Gasteiger partial charge in [-0.2, -0.15) is 0 Å². The van der Waals surface area contributed by atoms with E-state index < -0.39 is 0 Å². The summed E-state index contributed by atoms with van der Waals surface area (Å²) in [5, 5.41) is 0. The summed E-state index contributed by atoms with van der Waals surface area (Å²) in [5.41, 5.74) is 0.472. The molecule has 0 amide bonds. The fraction of sp³-hybridized carbons (Fsp3) is 0.375. The number of aromatic nitrogens is 2.